The van der Waals surface area contributed by atoms with Crippen molar-refractivity contribution < 1.29 is 36.2 Å². The highest BCUT2D eigenvalue weighted by Gasteiger charge is 2.25. The molecule has 2 nitrogen and oxygen atoms in total. The first-order valence-electron chi connectivity index (χ1n) is 13.1. The van der Waals surface area contributed by atoms with E-state index in [1.165, 1.54) is 30.3 Å². The Morgan fingerprint density at radius 2 is 1.44 bits per heavy atom. The van der Waals surface area contributed by atoms with Gasteiger partial charge in [-0.05, 0) is 74.6 Å². The molecule has 0 spiro atoms. The largest absolute Gasteiger partial charge is 0.491 e. The second kappa shape index (κ2) is 12.3. The van der Waals surface area contributed by atoms with Crippen molar-refractivity contribution in [2.24, 2.45) is 5.92 Å². The molecule has 0 radical (unpaired) electrons. The zero-order valence-corrected chi connectivity index (χ0v) is 21.8. The highest BCUT2D eigenvalue weighted by atomic mass is 19.2. The van der Waals surface area contributed by atoms with E-state index in [0.717, 1.165) is 6.07 Å². The van der Waals surface area contributed by atoms with Crippen molar-refractivity contribution in [1.82, 2.24) is 0 Å². The number of hydrogen-bond donors (Lipinski definition) is 1. The Morgan fingerprint density at radius 3 is 2.08 bits per heavy atom. The van der Waals surface area contributed by atoms with Crippen LogP contribution in [0.25, 0.3) is 16.7 Å². The van der Waals surface area contributed by atoms with Gasteiger partial charge in [-0.15, -0.1) is 0 Å². The molecule has 1 aliphatic rings. The van der Waals surface area contributed by atoms with Crippen molar-refractivity contribution >= 4 is 5.57 Å². The van der Waals surface area contributed by atoms with Crippen molar-refractivity contribution in [3.63, 3.8) is 0 Å². The van der Waals surface area contributed by atoms with Gasteiger partial charge in [0.15, 0.2) is 34.8 Å². The van der Waals surface area contributed by atoms with Crippen LogP contribution in [0.1, 0.15) is 68.7 Å². The van der Waals surface area contributed by atoms with Crippen molar-refractivity contribution in [1.29, 1.82) is 0 Å². The third-order valence-electron chi connectivity index (χ3n) is 7.34. The van der Waals surface area contributed by atoms with Crippen LogP contribution in [-0.2, 0) is 6.42 Å². The van der Waals surface area contributed by atoms with Crippen LogP contribution in [0.4, 0.5) is 26.3 Å². The van der Waals surface area contributed by atoms with E-state index in [1.807, 2.05) is 0 Å². The highest BCUT2D eigenvalue weighted by molar-refractivity contribution is 5.72. The van der Waals surface area contributed by atoms with E-state index in [4.69, 9.17) is 4.74 Å². The van der Waals surface area contributed by atoms with Crippen LogP contribution in [0.3, 0.4) is 0 Å². The van der Waals surface area contributed by atoms with Gasteiger partial charge in [0.2, 0.25) is 5.82 Å². The molecule has 4 rings (SSSR count). The molecule has 2 atom stereocenters. The summed E-state index contributed by atoms with van der Waals surface area (Å²) in [5.41, 5.74) is 0.0345. The molecule has 39 heavy (non-hydrogen) atoms. The fourth-order valence-corrected chi connectivity index (χ4v) is 5.04. The number of rotatable bonds is 9. The summed E-state index contributed by atoms with van der Waals surface area (Å²) < 4.78 is 92.8. The lowest BCUT2D eigenvalue weighted by Gasteiger charge is -2.23. The number of aliphatic hydroxyl groups excluding tert-OH is 1. The summed E-state index contributed by atoms with van der Waals surface area (Å²) in [6.07, 6.45) is 3.55. The Bertz CT molecular complexity index is 1380. The minimum Gasteiger partial charge on any atom is -0.491 e. The first-order valence-corrected chi connectivity index (χ1v) is 13.1. The van der Waals surface area contributed by atoms with Gasteiger partial charge in [-0.3, -0.25) is 0 Å². The van der Waals surface area contributed by atoms with E-state index in [1.54, 1.807) is 19.9 Å². The maximum absolute atomic E-state index is 15.1. The zero-order valence-electron chi connectivity index (χ0n) is 21.8. The molecule has 3 aromatic rings. The summed E-state index contributed by atoms with van der Waals surface area (Å²) in [5, 5.41) is 9.84. The first kappa shape index (κ1) is 28.7. The van der Waals surface area contributed by atoms with Gasteiger partial charge >= 0.3 is 0 Å². The molecule has 0 heterocycles. The molecule has 0 amide bonds. The van der Waals surface area contributed by atoms with E-state index < -0.39 is 52.1 Å². The molecule has 0 bridgehead atoms. The van der Waals surface area contributed by atoms with E-state index in [2.05, 4.69) is 0 Å². The Morgan fingerprint density at radius 1 is 0.795 bits per heavy atom. The number of ether oxygens (including phenoxy) is 1. The number of aliphatic hydroxyl groups is 1. The summed E-state index contributed by atoms with van der Waals surface area (Å²) in [5.74, 6) is -7.14. The van der Waals surface area contributed by atoms with Gasteiger partial charge in [0, 0.05) is 22.3 Å². The summed E-state index contributed by atoms with van der Waals surface area (Å²) in [6.45, 7) is 3.41. The average molecular weight is 549 g/mol. The van der Waals surface area contributed by atoms with Gasteiger partial charge in [-0.25, -0.2) is 22.0 Å². The van der Waals surface area contributed by atoms with Crippen molar-refractivity contribution in [2.75, 3.05) is 6.61 Å². The molecule has 2 unspecified atom stereocenters. The third kappa shape index (κ3) is 5.86. The number of hydrogen-bond acceptors (Lipinski definition) is 2. The fraction of sp³-hybridized carbons (Fsp3) is 0.355. The summed E-state index contributed by atoms with van der Waals surface area (Å²) in [7, 11) is 0. The summed E-state index contributed by atoms with van der Waals surface area (Å²) in [4.78, 5) is 0. The van der Waals surface area contributed by atoms with Crippen LogP contribution in [0, 0.1) is 40.8 Å². The molecule has 0 aromatic heterocycles. The van der Waals surface area contributed by atoms with Crippen molar-refractivity contribution in [3.05, 3.63) is 94.1 Å². The quantitative estimate of drug-likeness (QED) is 0.271. The van der Waals surface area contributed by atoms with Gasteiger partial charge in [0.25, 0.3) is 0 Å². The van der Waals surface area contributed by atoms with Crippen LogP contribution in [-0.4, -0.2) is 11.7 Å². The molecular weight excluding hydrogens is 518 g/mol. The van der Waals surface area contributed by atoms with Gasteiger partial charge < -0.3 is 9.84 Å². The van der Waals surface area contributed by atoms with Gasteiger partial charge in [-0.2, -0.15) is 4.39 Å². The fourth-order valence-electron chi connectivity index (χ4n) is 5.04. The van der Waals surface area contributed by atoms with Gasteiger partial charge in [0.05, 0.1) is 12.7 Å². The first-order chi connectivity index (χ1) is 18.7. The van der Waals surface area contributed by atoms with Crippen LogP contribution in [0.2, 0.25) is 0 Å². The predicted octanol–water partition coefficient (Wildman–Crippen LogP) is 8.85. The van der Waals surface area contributed by atoms with Gasteiger partial charge in [0.1, 0.15) is 0 Å². The molecule has 0 fully saturated rings. The molecule has 8 heteroatoms. The summed E-state index contributed by atoms with van der Waals surface area (Å²) >= 11 is 0. The monoisotopic (exact) mass is 548 g/mol. The van der Waals surface area contributed by atoms with Crippen LogP contribution >= 0.6 is 0 Å². The van der Waals surface area contributed by atoms with E-state index in [9.17, 15) is 22.7 Å². The standard InChI is InChI=1S/C31H30F6O2/c1-3-24(38)23-12-11-19(26(32)30(23)36)10-7-17-5-8-18(9-6-17)20-13-14-21(28(34)27(20)33)22-15-16-25(39-4-2)31(37)29(22)35/h8,11-17,24,38H,3-7,9-10H2,1-2H3. The Hall–Kier alpha value is -3.26. The number of benzene rings is 3. The predicted molar refractivity (Wildman–Crippen MR) is 138 cm³/mol. The highest BCUT2D eigenvalue weighted by Crippen LogP contribution is 2.38. The second-order valence-corrected chi connectivity index (χ2v) is 9.74. The SMILES string of the molecule is CCOc1ccc(-c2ccc(C3=CCC(CCc4ccc(C(O)CC)c(F)c4F)CC3)c(F)c2F)c(F)c1F. The lowest BCUT2D eigenvalue weighted by molar-refractivity contribution is 0.167. The average Bonchev–Trinajstić information content (AvgIpc) is 2.94. The van der Waals surface area contributed by atoms with E-state index in [-0.39, 0.29) is 41.4 Å². The maximum Gasteiger partial charge on any atom is 0.201 e. The number of allylic oxidation sites excluding steroid dienone is 2. The van der Waals surface area contributed by atoms with Crippen LogP contribution < -0.4 is 4.74 Å². The summed E-state index contributed by atoms with van der Waals surface area (Å²) in [6, 6.07) is 7.83. The van der Waals surface area contributed by atoms with Gasteiger partial charge in [-0.1, -0.05) is 37.3 Å². The molecule has 1 aliphatic carbocycles. The number of halogens is 6. The third-order valence-corrected chi connectivity index (χ3v) is 7.34. The van der Waals surface area contributed by atoms with Crippen LogP contribution in [0.5, 0.6) is 5.75 Å². The smallest absolute Gasteiger partial charge is 0.201 e. The lowest BCUT2D eigenvalue weighted by Crippen LogP contribution is -2.10. The minimum atomic E-state index is -1.32. The molecule has 0 saturated heterocycles. The molecule has 208 valence electrons. The van der Waals surface area contributed by atoms with Crippen molar-refractivity contribution in [2.45, 2.75) is 58.5 Å². The molecule has 0 saturated carbocycles. The van der Waals surface area contributed by atoms with E-state index in [0.29, 0.717) is 37.7 Å². The number of aryl methyl sites for hydroxylation is 1. The molecular formula is C31H30F6O2. The molecule has 0 aliphatic heterocycles. The molecule has 1 N–H and O–H groups in total. The Labute approximate surface area is 223 Å². The van der Waals surface area contributed by atoms with E-state index >= 15 is 8.78 Å². The normalized spacial score (nSPS) is 16.2. The Kier molecular flexibility index (Phi) is 9.05. The lowest BCUT2D eigenvalue weighted by atomic mass is 9.83. The van der Waals surface area contributed by atoms with Crippen molar-refractivity contribution in [3.8, 4) is 16.9 Å². The maximum atomic E-state index is 15.1. The zero-order chi connectivity index (χ0) is 28.3. The van der Waals surface area contributed by atoms with Crippen LogP contribution in [0.15, 0.2) is 42.5 Å². The topological polar surface area (TPSA) is 29.5 Å². The second-order valence-electron chi connectivity index (χ2n) is 9.74. The minimum absolute atomic E-state index is 0.0553. The Balaban J connectivity index is 1.46. The molecule has 3 aromatic carbocycles.